The summed E-state index contributed by atoms with van der Waals surface area (Å²) in [6.07, 6.45) is 0. The average molecular weight is 420 g/mol. The molecule has 2 rings (SSSR count). The van der Waals surface area contributed by atoms with Crippen molar-refractivity contribution in [3.8, 4) is 0 Å². The van der Waals surface area contributed by atoms with Crippen LogP contribution in [0.4, 0.5) is 4.39 Å². The van der Waals surface area contributed by atoms with Crippen LogP contribution in [-0.2, 0) is 4.79 Å². The third-order valence-electron chi connectivity index (χ3n) is 4.70. The Balaban J connectivity index is 2.07. The number of carbonyl (C=O) groups excluding carboxylic acids is 2. The molecule has 0 fully saturated rings. The van der Waals surface area contributed by atoms with Gasteiger partial charge in [0.25, 0.3) is 5.91 Å². The minimum absolute atomic E-state index is 0.117. The molecule has 0 unspecified atom stereocenters. The van der Waals surface area contributed by atoms with Gasteiger partial charge in [-0.25, -0.2) is 4.39 Å². The zero-order chi connectivity index (χ0) is 21.6. The topological polar surface area (TPSA) is 61.4 Å². The summed E-state index contributed by atoms with van der Waals surface area (Å²) >= 11 is 6.32. The van der Waals surface area contributed by atoms with E-state index in [0.29, 0.717) is 17.1 Å². The van der Waals surface area contributed by atoms with Gasteiger partial charge in [-0.15, -0.1) is 0 Å². The predicted octanol–water partition coefficient (Wildman–Crippen LogP) is 3.65. The smallest absolute Gasteiger partial charge is 0.251 e. The first-order valence-electron chi connectivity index (χ1n) is 9.45. The second-order valence-electron chi connectivity index (χ2n) is 7.45. The fourth-order valence-electron chi connectivity index (χ4n) is 2.98. The summed E-state index contributed by atoms with van der Waals surface area (Å²) in [6.45, 7) is 4.05. The lowest BCUT2D eigenvalue weighted by molar-refractivity contribution is -0.124. The minimum atomic E-state index is -0.721. The molecule has 0 saturated carbocycles. The van der Waals surface area contributed by atoms with Gasteiger partial charge in [-0.1, -0.05) is 43.6 Å². The molecule has 2 N–H and O–H groups in total. The van der Waals surface area contributed by atoms with E-state index in [0.717, 1.165) is 5.56 Å². The Kier molecular flexibility index (Phi) is 8.17. The average Bonchev–Trinajstić information content (AvgIpc) is 2.67. The van der Waals surface area contributed by atoms with Gasteiger partial charge in [-0.2, -0.15) is 0 Å². The summed E-state index contributed by atoms with van der Waals surface area (Å²) < 4.78 is 13.1. The summed E-state index contributed by atoms with van der Waals surface area (Å²) in [7, 11) is 3.83. The third kappa shape index (κ3) is 6.27. The summed E-state index contributed by atoms with van der Waals surface area (Å²) in [5.74, 6) is -1.25. The second kappa shape index (κ2) is 10.4. The highest BCUT2D eigenvalue weighted by atomic mass is 35.5. The monoisotopic (exact) mass is 419 g/mol. The minimum Gasteiger partial charge on any atom is -0.352 e. The van der Waals surface area contributed by atoms with E-state index in [-0.39, 0.29) is 17.9 Å². The first-order valence-corrected chi connectivity index (χ1v) is 9.83. The Morgan fingerprint density at radius 1 is 1.07 bits per heavy atom. The maximum absolute atomic E-state index is 13.1. The molecule has 0 radical (unpaired) electrons. The highest BCUT2D eigenvalue weighted by Crippen LogP contribution is 2.25. The lowest BCUT2D eigenvalue weighted by Gasteiger charge is -2.28. The summed E-state index contributed by atoms with van der Waals surface area (Å²) in [5.41, 5.74) is 1.21. The second-order valence-corrected chi connectivity index (χ2v) is 7.86. The molecule has 0 aliphatic heterocycles. The van der Waals surface area contributed by atoms with E-state index in [4.69, 9.17) is 11.6 Å². The van der Waals surface area contributed by atoms with Gasteiger partial charge < -0.3 is 15.5 Å². The van der Waals surface area contributed by atoms with Gasteiger partial charge in [0.05, 0.1) is 6.04 Å². The van der Waals surface area contributed by atoms with Crippen molar-refractivity contribution < 1.29 is 14.0 Å². The van der Waals surface area contributed by atoms with Crippen LogP contribution in [0.2, 0.25) is 5.02 Å². The maximum atomic E-state index is 13.1. The molecule has 2 atom stereocenters. The normalized spacial score (nSPS) is 13.2. The first kappa shape index (κ1) is 22.8. The van der Waals surface area contributed by atoms with Gasteiger partial charge in [0.2, 0.25) is 5.91 Å². The van der Waals surface area contributed by atoms with Crippen LogP contribution < -0.4 is 10.6 Å². The number of rotatable bonds is 8. The Morgan fingerprint density at radius 3 is 2.24 bits per heavy atom. The molecule has 0 bridgehead atoms. The fraction of sp³-hybridized carbons (Fsp3) is 0.364. The van der Waals surface area contributed by atoms with Crippen LogP contribution in [0.5, 0.6) is 0 Å². The Morgan fingerprint density at radius 2 is 1.69 bits per heavy atom. The summed E-state index contributed by atoms with van der Waals surface area (Å²) in [6, 6.07) is 11.9. The van der Waals surface area contributed by atoms with Crippen LogP contribution in [0.1, 0.15) is 35.8 Å². The Labute approximate surface area is 176 Å². The van der Waals surface area contributed by atoms with Crippen molar-refractivity contribution in [3.63, 3.8) is 0 Å². The number of carbonyl (C=O) groups is 2. The molecule has 0 aliphatic rings. The van der Waals surface area contributed by atoms with E-state index in [2.05, 4.69) is 10.6 Å². The lowest BCUT2D eigenvalue weighted by atomic mass is 10.0. The number of amides is 2. The zero-order valence-corrected chi connectivity index (χ0v) is 17.8. The van der Waals surface area contributed by atoms with E-state index in [1.165, 1.54) is 24.3 Å². The zero-order valence-electron chi connectivity index (χ0n) is 17.1. The summed E-state index contributed by atoms with van der Waals surface area (Å²) in [4.78, 5) is 27.2. The van der Waals surface area contributed by atoms with Crippen molar-refractivity contribution in [3.05, 3.63) is 70.5 Å². The van der Waals surface area contributed by atoms with E-state index in [1.807, 2.05) is 57.1 Å². The van der Waals surface area contributed by atoms with Crippen LogP contribution in [0.25, 0.3) is 0 Å². The standard InChI is InChI=1S/C22H27ClFN3O2/c1-14(2)20(26-21(28)15-9-11-16(24)12-10-15)22(29)25-13-19(27(3)4)17-7-5-6-8-18(17)23/h5-12,14,19-20H,13H2,1-4H3,(H,25,29)(H,26,28)/t19-,20-/m1/s1. The predicted molar refractivity (Wildman–Crippen MR) is 113 cm³/mol. The van der Waals surface area contributed by atoms with Crippen molar-refractivity contribution in [2.75, 3.05) is 20.6 Å². The number of nitrogens with zero attached hydrogens (tertiary/aromatic N) is 1. The molecule has 2 aromatic rings. The molecule has 0 spiro atoms. The molecule has 0 heterocycles. The third-order valence-corrected chi connectivity index (χ3v) is 5.04. The highest BCUT2D eigenvalue weighted by molar-refractivity contribution is 6.31. The number of hydrogen-bond donors (Lipinski definition) is 2. The number of nitrogens with one attached hydrogen (secondary N) is 2. The molecule has 0 saturated heterocycles. The van der Waals surface area contributed by atoms with Gasteiger partial charge in [0.1, 0.15) is 11.9 Å². The van der Waals surface area contributed by atoms with Crippen molar-refractivity contribution in [2.24, 2.45) is 5.92 Å². The molecule has 0 aliphatic carbocycles. The van der Waals surface area contributed by atoms with Crippen LogP contribution in [-0.4, -0.2) is 43.4 Å². The van der Waals surface area contributed by atoms with Gasteiger partial charge in [-0.3, -0.25) is 9.59 Å². The van der Waals surface area contributed by atoms with Crippen LogP contribution in [0.15, 0.2) is 48.5 Å². The van der Waals surface area contributed by atoms with E-state index < -0.39 is 17.8 Å². The first-order chi connectivity index (χ1) is 13.7. The van der Waals surface area contributed by atoms with E-state index in [1.54, 1.807) is 0 Å². The molecule has 156 valence electrons. The highest BCUT2D eigenvalue weighted by Gasteiger charge is 2.26. The van der Waals surface area contributed by atoms with Crippen LogP contribution in [0, 0.1) is 11.7 Å². The Hall–Kier alpha value is -2.44. The van der Waals surface area contributed by atoms with Gasteiger partial charge >= 0.3 is 0 Å². The number of likely N-dealkylation sites (N-methyl/N-ethyl adjacent to an activating group) is 1. The molecular formula is C22H27ClFN3O2. The van der Waals surface area contributed by atoms with Crippen molar-refractivity contribution in [1.82, 2.24) is 15.5 Å². The fourth-order valence-corrected chi connectivity index (χ4v) is 3.25. The lowest BCUT2D eigenvalue weighted by Crippen LogP contribution is -2.51. The van der Waals surface area contributed by atoms with Crippen LogP contribution >= 0.6 is 11.6 Å². The van der Waals surface area contributed by atoms with Gasteiger partial charge in [-0.05, 0) is 55.9 Å². The molecular weight excluding hydrogens is 393 g/mol. The van der Waals surface area contributed by atoms with E-state index >= 15 is 0 Å². The molecule has 0 aromatic heterocycles. The molecule has 29 heavy (non-hydrogen) atoms. The van der Waals surface area contributed by atoms with Crippen molar-refractivity contribution in [2.45, 2.75) is 25.9 Å². The van der Waals surface area contributed by atoms with Crippen LogP contribution in [0.3, 0.4) is 0 Å². The van der Waals surface area contributed by atoms with Gasteiger partial charge in [0, 0.05) is 17.1 Å². The number of hydrogen-bond acceptors (Lipinski definition) is 3. The largest absolute Gasteiger partial charge is 0.352 e. The quantitative estimate of drug-likeness (QED) is 0.686. The number of halogens is 2. The van der Waals surface area contributed by atoms with Crippen molar-refractivity contribution >= 4 is 23.4 Å². The summed E-state index contributed by atoms with van der Waals surface area (Å²) in [5, 5.41) is 6.30. The van der Waals surface area contributed by atoms with E-state index in [9.17, 15) is 14.0 Å². The number of benzene rings is 2. The SMILES string of the molecule is CC(C)[C@@H](NC(=O)c1ccc(F)cc1)C(=O)NC[C@H](c1ccccc1Cl)N(C)C. The molecule has 5 nitrogen and oxygen atoms in total. The maximum Gasteiger partial charge on any atom is 0.251 e. The molecule has 7 heteroatoms. The Bertz CT molecular complexity index is 840. The molecule has 2 aromatic carbocycles. The van der Waals surface area contributed by atoms with Gasteiger partial charge in [0.15, 0.2) is 0 Å². The molecule has 2 amide bonds. The van der Waals surface area contributed by atoms with Crippen molar-refractivity contribution in [1.29, 1.82) is 0 Å².